The van der Waals surface area contributed by atoms with Crippen molar-refractivity contribution in [3.63, 3.8) is 0 Å². The van der Waals surface area contributed by atoms with Crippen LogP contribution in [-0.2, 0) is 29.1 Å². The summed E-state index contributed by atoms with van der Waals surface area (Å²) in [5.41, 5.74) is 2.87. The lowest BCUT2D eigenvalue weighted by Crippen LogP contribution is -2.36. The Morgan fingerprint density at radius 3 is 2.73 bits per heavy atom. The molecule has 0 unspecified atom stereocenters. The van der Waals surface area contributed by atoms with Gasteiger partial charge in [0.2, 0.25) is 5.91 Å². The van der Waals surface area contributed by atoms with Gasteiger partial charge in [0.1, 0.15) is 5.65 Å². The quantitative estimate of drug-likeness (QED) is 0.539. The van der Waals surface area contributed by atoms with Gasteiger partial charge in [-0.15, -0.1) is 0 Å². The summed E-state index contributed by atoms with van der Waals surface area (Å²) in [6, 6.07) is 4.18. The maximum atomic E-state index is 13.0. The van der Waals surface area contributed by atoms with Crippen molar-refractivity contribution in [1.82, 2.24) is 14.5 Å². The Morgan fingerprint density at radius 1 is 1.18 bits per heavy atom. The van der Waals surface area contributed by atoms with Gasteiger partial charge in [-0.3, -0.25) is 9.59 Å². The number of fused-ring (bicyclic) bond motifs is 3. The van der Waals surface area contributed by atoms with E-state index >= 15 is 0 Å². The summed E-state index contributed by atoms with van der Waals surface area (Å²) in [5, 5.41) is 10.6. The Bertz CT molecular complexity index is 988. The number of carboxylic acids is 1. The SMILES string of the molecule is CC(C)(CCCC(=O)N1CCc2c(n(CCCC3CCCCC3)c3ncccc23)C1)C(=O)O. The van der Waals surface area contributed by atoms with Crippen molar-refractivity contribution < 1.29 is 14.7 Å². The monoisotopic (exact) mass is 453 g/mol. The fourth-order valence-corrected chi connectivity index (χ4v) is 5.67. The molecule has 3 heterocycles. The number of pyridine rings is 1. The van der Waals surface area contributed by atoms with Crippen molar-refractivity contribution in [2.45, 2.75) is 97.6 Å². The largest absolute Gasteiger partial charge is 0.481 e. The van der Waals surface area contributed by atoms with Crippen LogP contribution in [0.25, 0.3) is 11.0 Å². The molecule has 0 aromatic carbocycles. The molecule has 1 fully saturated rings. The van der Waals surface area contributed by atoms with E-state index in [2.05, 4.69) is 10.6 Å². The summed E-state index contributed by atoms with van der Waals surface area (Å²) >= 11 is 0. The van der Waals surface area contributed by atoms with Crippen LogP contribution < -0.4 is 0 Å². The number of hydrogen-bond acceptors (Lipinski definition) is 3. The minimum absolute atomic E-state index is 0.133. The van der Waals surface area contributed by atoms with Gasteiger partial charge in [-0.1, -0.05) is 32.1 Å². The van der Waals surface area contributed by atoms with Gasteiger partial charge >= 0.3 is 5.97 Å². The summed E-state index contributed by atoms with van der Waals surface area (Å²) in [7, 11) is 0. The number of nitrogens with zero attached hydrogens (tertiary/aromatic N) is 3. The van der Waals surface area contributed by atoms with E-state index in [1.54, 1.807) is 13.8 Å². The summed E-state index contributed by atoms with van der Waals surface area (Å²) < 4.78 is 2.38. The number of aliphatic carboxylic acids is 1. The molecule has 1 aliphatic heterocycles. The van der Waals surface area contributed by atoms with Crippen LogP contribution in [0.1, 0.15) is 89.3 Å². The molecule has 33 heavy (non-hydrogen) atoms. The lowest BCUT2D eigenvalue weighted by molar-refractivity contribution is -0.147. The van der Waals surface area contributed by atoms with Gasteiger partial charge in [-0.25, -0.2) is 4.98 Å². The highest BCUT2D eigenvalue weighted by molar-refractivity contribution is 5.84. The Labute approximate surface area is 197 Å². The molecule has 0 saturated heterocycles. The first kappa shape index (κ1) is 23.8. The zero-order valence-corrected chi connectivity index (χ0v) is 20.3. The molecule has 0 spiro atoms. The fourth-order valence-electron chi connectivity index (χ4n) is 5.67. The molecular formula is C27H39N3O3. The third kappa shape index (κ3) is 5.42. The second-order valence-corrected chi connectivity index (χ2v) is 10.7. The van der Waals surface area contributed by atoms with Gasteiger partial charge in [0, 0.05) is 36.8 Å². The van der Waals surface area contributed by atoms with Gasteiger partial charge < -0.3 is 14.6 Å². The average Bonchev–Trinajstić information content (AvgIpc) is 3.12. The van der Waals surface area contributed by atoms with Crippen molar-refractivity contribution in [2.75, 3.05) is 6.54 Å². The molecule has 2 aliphatic rings. The highest BCUT2D eigenvalue weighted by Crippen LogP contribution is 2.32. The maximum absolute atomic E-state index is 13.0. The first-order chi connectivity index (χ1) is 15.9. The van der Waals surface area contributed by atoms with E-state index in [1.807, 2.05) is 17.2 Å². The van der Waals surface area contributed by atoms with E-state index in [0.717, 1.165) is 37.5 Å². The van der Waals surface area contributed by atoms with Crippen LogP contribution in [0.5, 0.6) is 0 Å². The molecule has 1 aliphatic carbocycles. The van der Waals surface area contributed by atoms with Crippen LogP contribution in [0, 0.1) is 11.3 Å². The van der Waals surface area contributed by atoms with Gasteiger partial charge in [-0.2, -0.15) is 0 Å². The highest BCUT2D eigenvalue weighted by atomic mass is 16.4. The van der Waals surface area contributed by atoms with Crippen LogP contribution in [0.15, 0.2) is 18.3 Å². The van der Waals surface area contributed by atoms with E-state index in [0.29, 0.717) is 25.8 Å². The molecule has 2 aromatic heterocycles. The van der Waals surface area contributed by atoms with Crippen LogP contribution in [0.3, 0.4) is 0 Å². The average molecular weight is 454 g/mol. The smallest absolute Gasteiger partial charge is 0.309 e. The number of aromatic nitrogens is 2. The minimum atomic E-state index is -0.803. The lowest BCUT2D eigenvalue weighted by atomic mass is 9.86. The normalized spacial score (nSPS) is 17.3. The summed E-state index contributed by atoms with van der Waals surface area (Å²) in [5.74, 6) is 0.203. The minimum Gasteiger partial charge on any atom is -0.481 e. The molecular weight excluding hydrogens is 414 g/mol. The number of carbonyl (C=O) groups excluding carboxylic acids is 1. The van der Waals surface area contributed by atoms with Gasteiger partial charge in [0.15, 0.2) is 0 Å². The van der Waals surface area contributed by atoms with Crippen LogP contribution in [-0.4, -0.2) is 38.0 Å². The Hall–Kier alpha value is -2.37. The molecule has 0 bridgehead atoms. The van der Waals surface area contributed by atoms with E-state index in [-0.39, 0.29) is 5.91 Å². The first-order valence-corrected chi connectivity index (χ1v) is 12.8. The highest BCUT2D eigenvalue weighted by Gasteiger charge is 2.29. The summed E-state index contributed by atoms with van der Waals surface area (Å²) in [6.07, 6.45) is 13.6. The zero-order chi connectivity index (χ0) is 23.4. The lowest BCUT2D eigenvalue weighted by Gasteiger charge is -2.29. The van der Waals surface area contributed by atoms with E-state index in [1.165, 1.54) is 55.2 Å². The Morgan fingerprint density at radius 2 is 1.97 bits per heavy atom. The predicted molar refractivity (Wildman–Crippen MR) is 130 cm³/mol. The second-order valence-electron chi connectivity index (χ2n) is 10.7. The van der Waals surface area contributed by atoms with Crippen LogP contribution >= 0.6 is 0 Å². The third-order valence-electron chi connectivity index (χ3n) is 7.86. The molecule has 4 rings (SSSR count). The third-order valence-corrected chi connectivity index (χ3v) is 7.86. The second kappa shape index (κ2) is 10.3. The van der Waals surface area contributed by atoms with Crippen molar-refractivity contribution in [2.24, 2.45) is 11.3 Å². The maximum Gasteiger partial charge on any atom is 0.309 e. The molecule has 0 radical (unpaired) electrons. The molecule has 2 aromatic rings. The standard InChI is InChI=1S/C27H39N3O3/c1-27(2,26(32)33)15-6-13-24(31)29-18-14-21-22-12-7-16-28-25(22)30(23(21)19-29)17-8-11-20-9-4-3-5-10-20/h7,12,16,20H,3-6,8-11,13-15,17-19H2,1-2H3,(H,32,33). The summed E-state index contributed by atoms with van der Waals surface area (Å²) in [4.78, 5) is 31.0. The molecule has 180 valence electrons. The van der Waals surface area contributed by atoms with Crippen molar-refractivity contribution in [3.05, 3.63) is 29.6 Å². The van der Waals surface area contributed by atoms with E-state index in [9.17, 15) is 14.7 Å². The number of hydrogen-bond donors (Lipinski definition) is 1. The van der Waals surface area contributed by atoms with Gasteiger partial charge in [0.25, 0.3) is 0 Å². The Kier molecular flexibility index (Phi) is 7.40. The topological polar surface area (TPSA) is 75.4 Å². The van der Waals surface area contributed by atoms with Crippen LogP contribution in [0.4, 0.5) is 0 Å². The molecule has 1 saturated carbocycles. The number of carbonyl (C=O) groups is 2. The van der Waals surface area contributed by atoms with E-state index in [4.69, 9.17) is 4.98 Å². The van der Waals surface area contributed by atoms with Gasteiger partial charge in [-0.05, 0) is 69.6 Å². The number of rotatable bonds is 9. The van der Waals surface area contributed by atoms with Crippen molar-refractivity contribution >= 4 is 22.9 Å². The molecule has 1 amide bonds. The number of aryl methyl sites for hydroxylation is 1. The number of carboxylic acid groups (broad SMARTS) is 1. The first-order valence-electron chi connectivity index (χ1n) is 12.8. The van der Waals surface area contributed by atoms with Crippen LogP contribution in [0.2, 0.25) is 0 Å². The molecule has 1 N–H and O–H groups in total. The predicted octanol–water partition coefficient (Wildman–Crippen LogP) is 5.56. The summed E-state index contributed by atoms with van der Waals surface area (Å²) in [6.45, 7) is 5.78. The molecule has 6 nitrogen and oxygen atoms in total. The molecule has 6 heteroatoms. The Balaban J connectivity index is 1.43. The zero-order valence-electron chi connectivity index (χ0n) is 20.3. The van der Waals surface area contributed by atoms with E-state index < -0.39 is 11.4 Å². The number of amides is 1. The fraction of sp³-hybridized carbons (Fsp3) is 0.667. The van der Waals surface area contributed by atoms with Crippen molar-refractivity contribution in [3.8, 4) is 0 Å². The molecule has 0 atom stereocenters. The van der Waals surface area contributed by atoms with Gasteiger partial charge in [0.05, 0.1) is 12.0 Å². The van der Waals surface area contributed by atoms with Crippen molar-refractivity contribution in [1.29, 1.82) is 0 Å².